The number of ether oxygens (including phenoxy) is 1. The molecule has 0 N–H and O–H groups in total. The molecule has 4 aliphatic rings. The number of carbonyl (C=O) groups excluding carboxylic acids is 2. The van der Waals surface area contributed by atoms with Crippen LogP contribution in [0.4, 0.5) is 0 Å². The van der Waals surface area contributed by atoms with E-state index >= 15 is 0 Å². The summed E-state index contributed by atoms with van der Waals surface area (Å²) >= 11 is 0. The van der Waals surface area contributed by atoms with Crippen LogP contribution in [0.15, 0.2) is 23.4 Å². The Balaban J connectivity index is 1.43. The second-order valence-corrected chi connectivity index (χ2v) is 11.2. The molecule has 5 heteroatoms. The van der Waals surface area contributed by atoms with Gasteiger partial charge in [-0.15, -0.1) is 0 Å². The van der Waals surface area contributed by atoms with Crippen LogP contribution in [0.1, 0.15) is 77.0 Å². The number of esters is 1. The Hall–Kier alpha value is -2.17. The number of nitrogens with zero attached hydrogens (tertiary/aromatic N) is 2. The molecule has 3 fully saturated rings. The molecule has 0 aromatic carbocycles. The Labute approximate surface area is 191 Å². The summed E-state index contributed by atoms with van der Waals surface area (Å²) in [6.45, 7) is 8.24. The fourth-order valence-corrected chi connectivity index (χ4v) is 7.61. The van der Waals surface area contributed by atoms with Gasteiger partial charge in [0.25, 0.3) is 0 Å². The first kappa shape index (κ1) is 21.7. The lowest BCUT2D eigenvalue weighted by Gasteiger charge is -2.56. The molecule has 0 aliphatic heterocycles. The van der Waals surface area contributed by atoms with Gasteiger partial charge in [-0.1, -0.05) is 25.5 Å². The molecule has 1 heterocycles. The van der Waals surface area contributed by atoms with E-state index in [1.54, 1.807) is 0 Å². The summed E-state index contributed by atoms with van der Waals surface area (Å²) in [6.07, 6.45) is 13.4. The van der Waals surface area contributed by atoms with Gasteiger partial charge in [0, 0.05) is 37.1 Å². The summed E-state index contributed by atoms with van der Waals surface area (Å²) in [5.74, 6) is 1.78. The van der Waals surface area contributed by atoms with Gasteiger partial charge < -0.3 is 4.74 Å². The zero-order valence-corrected chi connectivity index (χ0v) is 20.1. The van der Waals surface area contributed by atoms with E-state index in [-0.39, 0.29) is 22.9 Å². The number of carbonyl (C=O) groups is 2. The van der Waals surface area contributed by atoms with Crippen molar-refractivity contribution in [2.75, 3.05) is 0 Å². The highest BCUT2D eigenvalue weighted by atomic mass is 16.5. The Morgan fingerprint density at radius 1 is 1.19 bits per heavy atom. The molecule has 0 amide bonds. The van der Waals surface area contributed by atoms with Gasteiger partial charge in [0.15, 0.2) is 5.78 Å². The van der Waals surface area contributed by atoms with Crippen molar-refractivity contribution in [2.45, 2.75) is 78.7 Å². The molecule has 1 aromatic rings. The minimum Gasteiger partial charge on any atom is -0.462 e. The molecule has 0 bridgehead atoms. The van der Waals surface area contributed by atoms with Crippen LogP contribution in [-0.2, 0) is 21.4 Å². The van der Waals surface area contributed by atoms with Crippen molar-refractivity contribution in [3.63, 3.8) is 0 Å². The molecule has 4 aliphatic carbocycles. The van der Waals surface area contributed by atoms with Gasteiger partial charge in [-0.25, -0.2) is 0 Å². The maximum absolute atomic E-state index is 13.6. The average Bonchev–Trinajstić information content (AvgIpc) is 3.19. The van der Waals surface area contributed by atoms with Crippen molar-refractivity contribution >= 4 is 17.8 Å². The molecule has 5 rings (SSSR count). The first-order chi connectivity index (χ1) is 15.1. The highest BCUT2D eigenvalue weighted by molar-refractivity contribution is 6.06. The third-order valence-corrected chi connectivity index (χ3v) is 9.63. The largest absolute Gasteiger partial charge is 0.462 e. The fraction of sp³-hybridized carbons (Fsp3) is 0.667. The van der Waals surface area contributed by atoms with Gasteiger partial charge in [0.1, 0.15) is 6.10 Å². The standard InChI is InChI=1S/C27H36N2O3/c1-16-19(15-28-29(16)5)12-18-13-24-22-7-6-20-14-21(32-17(2)30)8-10-26(20,3)23(22)9-11-27(24,4)25(18)31/h6,12,15,21-24H,7-11,13-14H2,1-5H3/b18-12+/t21-,22+,23-,24-,26+,27-/m1/s1. The van der Waals surface area contributed by atoms with E-state index in [4.69, 9.17) is 4.74 Å². The molecule has 32 heavy (non-hydrogen) atoms. The third-order valence-electron chi connectivity index (χ3n) is 9.63. The summed E-state index contributed by atoms with van der Waals surface area (Å²) in [6, 6.07) is 0. The molecular weight excluding hydrogens is 400 g/mol. The van der Waals surface area contributed by atoms with Crippen LogP contribution in [0.3, 0.4) is 0 Å². The van der Waals surface area contributed by atoms with Crippen LogP contribution in [0.5, 0.6) is 0 Å². The van der Waals surface area contributed by atoms with Crippen LogP contribution < -0.4 is 0 Å². The Morgan fingerprint density at radius 3 is 2.62 bits per heavy atom. The number of aromatic nitrogens is 2. The summed E-state index contributed by atoms with van der Waals surface area (Å²) in [5.41, 5.74) is 4.59. The average molecular weight is 437 g/mol. The normalized spacial score (nSPS) is 39.8. The zero-order valence-electron chi connectivity index (χ0n) is 20.1. The van der Waals surface area contributed by atoms with Crippen LogP contribution >= 0.6 is 0 Å². The van der Waals surface area contributed by atoms with Gasteiger partial charge in [0.05, 0.1) is 6.20 Å². The minimum atomic E-state index is -0.236. The number of Topliss-reactive ketones (excluding diaryl/α,β-unsaturated/α-hetero) is 1. The van der Waals surface area contributed by atoms with E-state index in [0.29, 0.717) is 23.5 Å². The SMILES string of the molecule is CC(=O)O[C@@H]1CC[C@@]2(C)C(=CC[C@@H]3[C@H]4C/C(=C\c5cnn(C)c5C)C(=O)[C@]4(C)CC[C@H]32)C1. The number of allylic oxidation sites excluding steroid dienone is 2. The fourth-order valence-electron chi connectivity index (χ4n) is 7.61. The Kier molecular flexibility index (Phi) is 5.03. The zero-order chi connectivity index (χ0) is 22.8. The molecule has 172 valence electrons. The van der Waals surface area contributed by atoms with Crippen LogP contribution in [-0.4, -0.2) is 27.6 Å². The highest BCUT2D eigenvalue weighted by Gasteiger charge is 2.60. The second kappa shape index (κ2) is 7.43. The van der Waals surface area contributed by atoms with E-state index in [1.807, 2.05) is 17.9 Å². The van der Waals surface area contributed by atoms with Gasteiger partial charge in [-0.2, -0.15) is 5.10 Å². The number of ketones is 1. The monoisotopic (exact) mass is 436 g/mol. The maximum Gasteiger partial charge on any atom is 0.302 e. The van der Waals surface area contributed by atoms with E-state index < -0.39 is 0 Å². The quantitative estimate of drug-likeness (QED) is 0.364. The summed E-state index contributed by atoms with van der Waals surface area (Å²) < 4.78 is 7.44. The third kappa shape index (κ3) is 3.14. The van der Waals surface area contributed by atoms with Gasteiger partial charge in [-0.3, -0.25) is 14.3 Å². The van der Waals surface area contributed by atoms with Gasteiger partial charge in [0.2, 0.25) is 0 Å². The summed E-state index contributed by atoms with van der Waals surface area (Å²) in [4.78, 5) is 25.1. The van der Waals surface area contributed by atoms with E-state index in [1.165, 1.54) is 12.5 Å². The minimum absolute atomic E-state index is 0.0301. The molecule has 5 nitrogen and oxygen atoms in total. The topological polar surface area (TPSA) is 61.2 Å². The van der Waals surface area contributed by atoms with Crippen LogP contribution in [0.25, 0.3) is 6.08 Å². The first-order valence-electron chi connectivity index (χ1n) is 12.2. The number of fused-ring (bicyclic) bond motifs is 5. The number of rotatable bonds is 2. The van der Waals surface area contributed by atoms with Crippen molar-refractivity contribution in [1.82, 2.24) is 9.78 Å². The van der Waals surface area contributed by atoms with Crippen molar-refractivity contribution in [3.05, 3.63) is 34.7 Å². The van der Waals surface area contributed by atoms with Crippen molar-refractivity contribution in [1.29, 1.82) is 0 Å². The van der Waals surface area contributed by atoms with Crippen molar-refractivity contribution < 1.29 is 14.3 Å². The van der Waals surface area contributed by atoms with Crippen LogP contribution in [0, 0.1) is 35.5 Å². The van der Waals surface area contributed by atoms with Crippen molar-refractivity contribution in [3.8, 4) is 0 Å². The van der Waals surface area contributed by atoms with Gasteiger partial charge in [-0.05, 0) is 80.3 Å². The van der Waals surface area contributed by atoms with Gasteiger partial charge >= 0.3 is 5.97 Å². The molecule has 0 unspecified atom stereocenters. The molecule has 0 saturated heterocycles. The molecular formula is C27H36N2O3. The lowest BCUT2D eigenvalue weighted by Crippen LogP contribution is -2.50. The maximum atomic E-state index is 13.6. The van der Waals surface area contributed by atoms with E-state index in [2.05, 4.69) is 38.0 Å². The highest BCUT2D eigenvalue weighted by Crippen LogP contribution is 2.64. The molecule has 0 spiro atoms. The molecule has 6 atom stereocenters. The molecule has 3 saturated carbocycles. The Bertz CT molecular complexity index is 1030. The van der Waals surface area contributed by atoms with E-state index in [9.17, 15) is 9.59 Å². The number of aryl methyl sites for hydroxylation is 1. The Morgan fingerprint density at radius 2 is 1.94 bits per heavy atom. The predicted molar refractivity (Wildman–Crippen MR) is 124 cm³/mol. The second-order valence-electron chi connectivity index (χ2n) is 11.2. The van der Waals surface area contributed by atoms with Crippen LogP contribution in [0.2, 0.25) is 0 Å². The summed E-state index contributed by atoms with van der Waals surface area (Å²) in [5, 5.41) is 4.36. The van der Waals surface area contributed by atoms with Crippen molar-refractivity contribution in [2.24, 2.45) is 35.6 Å². The number of hydrogen-bond acceptors (Lipinski definition) is 4. The summed E-state index contributed by atoms with van der Waals surface area (Å²) in [7, 11) is 1.95. The molecule has 0 radical (unpaired) electrons. The number of hydrogen-bond donors (Lipinski definition) is 0. The lowest BCUT2D eigenvalue weighted by molar-refractivity contribution is -0.148. The predicted octanol–water partition coefficient (Wildman–Crippen LogP) is 5.19. The van der Waals surface area contributed by atoms with E-state index in [0.717, 1.165) is 61.8 Å². The first-order valence-corrected chi connectivity index (χ1v) is 12.2. The smallest absolute Gasteiger partial charge is 0.302 e. The molecule has 1 aromatic heterocycles. The lowest BCUT2D eigenvalue weighted by atomic mass is 9.48.